The van der Waals surface area contributed by atoms with E-state index in [-0.39, 0.29) is 16.8 Å². The quantitative estimate of drug-likeness (QED) is 0.613. The first kappa shape index (κ1) is 19.2. The maximum absolute atomic E-state index is 12.8. The molecule has 2 aromatic carbocycles. The summed E-state index contributed by atoms with van der Waals surface area (Å²) in [5.41, 5.74) is 0.588. The molecule has 28 heavy (non-hydrogen) atoms. The van der Waals surface area contributed by atoms with Crippen LogP contribution in [0.5, 0.6) is 0 Å². The maximum Gasteiger partial charge on any atom is 0.416 e. The van der Waals surface area contributed by atoms with E-state index in [9.17, 15) is 22.8 Å². The fourth-order valence-electron chi connectivity index (χ4n) is 2.56. The molecule has 0 saturated heterocycles. The van der Waals surface area contributed by atoms with Crippen LogP contribution in [0.2, 0.25) is 0 Å². The second-order valence-corrected chi connectivity index (χ2v) is 5.99. The van der Waals surface area contributed by atoms with Gasteiger partial charge in [0.2, 0.25) is 5.56 Å². The van der Waals surface area contributed by atoms with Crippen LogP contribution in [0.15, 0.2) is 71.7 Å². The smallest absolute Gasteiger partial charge is 0.380 e. The number of para-hydroxylation sites is 1. The molecule has 0 saturated carbocycles. The number of anilines is 2. The van der Waals surface area contributed by atoms with Crippen molar-refractivity contribution in [2.75, 3.05) is 10.6 Å². The van der Waals surface area contributed by atoms with Gasteiger partial charge in [-0.15, -0.1) is 0 Å². The van der Waals surface area contributed by atoms with E-state index in [2.05, 4.69) is 15.6 Å². The molecule has 144 valence electrons. The number of carbonyl (C=O) groups is 1. The van der Waals surface area contributed by atoms with Gasteiger partial charge >= 0.3 is 6.18 Å². The van der Waals surface area contributed by atoms with E-state index in [1.165, 1.54) is 18.2 Å². The Morgan fingerprint density at radius 3 is 2.50 bits per heavy atom. The molecule has 8 heteroatoms. The van der Waals surface area contributed by atoms with Crippen LogP contribution in [-0.4, -0.2) is 10.9 Å². The predicted molar refractivity (Wildman–Crippen MR) is 100 cm³/mol. The van der Waals surface area contributed by atoms with Crippen molar-refractivity contribution in [1.29, 1.82) is 0 Å². The summed E-state index contributed by atoms with van der Waals surface area (Å²) in [7, 11) is 0. The van der Waals surface area contributed by atoms with Gasteiger partial charge in [0.05, 0.1) is 11.1 Å². The zero-order valence-electron chi connectivity index (χ0n) is 14.5. The molecule has 0 aliphatic heterocycles. The molecule has 0 atom stereocenters. The Balaban J connectivity index is 1.75. The van der Waals surface area contributed by atoms with Crippen LogP contribution >= 0.6 is 0 Å². The summed E-state index contributed by atoms with van der Waals surface area (Å²) >= 11 is 0. The van der Waals surface area contributed by atoms with E-state index in [1.54, 1.807) is 36.5 Å². The molecule has 3 rings (SSSR count). The van der Waals surface area contributed by atoms with Crippen molar-refractivity contribution < 1.29 is 18.0 Å². The Labute approximate surface area is 158 Å². The molecule has 0 unspecified atom stereocenters. The predicted octanol–water partition coefficient (Wildman–Crippen LogP) is 4.26. The summed E-state index contributed by atoms with van der Waals surface area (Å²) in [6.07, 6.45) is -2.93. The highest BCUT2D eigenvalue weighted by Gasteiger charge is 2.30. The van der Waals surface area contributed by atoms with Gasteiger partial charge in [0.1, 0.15) is 0 Å². The van der Waals surface area contributed by atoms with Gasteiger partial charge in [0, 0.05) is 30.2 Å². The largest absolute Gasteiger partial charge is 0.416 e. The summed E-state index contributed by atoms with van der Waals surface area (Å²) in [4.78, 5) is 26.2. The standard InChI is InChI=1S/C20H16F3N3O2/c21-20(22,23)14-4-3-5-15(10-14)26-19(28)16-6-1-2-7-17(16)24-11-13-8-9-18(27)25-12-13/h1-10,12,24H,11H2,(H,25,27)(H,26,28). The Hall–Kier alpha value is -3.55. The summed E-state index contributed by atoms with van der Waals surface area (Å²) in [5.74, 6) is -0.538. The Morgan fingerprint density at radius 2 is 1.79 bits per heavy atom. The minimum absolute atomic E-state index is 0.0512. The first-order valence-corrected chi connectivity index (χ1v) is 8.32. The number of hydrogen-bond donors (Lipinski definition) is 3. The van der Waals surface area contributed by atoms with Crippen LogP contribution in [-0.2, 0) is 12.7 Å². The molecule has 0 spiro atoms. The van der Waals surface area contributed by atoms with Crippen molar-refractivity contribution >= 4 is 17.3 Å². The van der Waals surface area contributed by atoms with Crippen molar-refractivity contribution in [2.45, 2.75) is 12.7 Å². The number of nitrogens with one attached hydrogen (secondary N) is 3. The second kappa shape index (κ2) is 7.99. The molecule has 1 heterocycles. The van der Waals surface area contributed by atoms with E-state index >= 15 is 0 Å². The van der Waals surface area contributed by atoms with Gasteiger partial charge in [-0.05, 0) is 35.9 Å². The number of carbonyl (C=O) groups excluding carboxylic acids is 1. The molecule has 0 aliphatic carbocycles. The minimum Gasteiger partial charge on any atom is -0.380 e. The number of alkyl halides is 3. The lowest BCUT2D eigenvalue weighted by Gasteiger charge is -2.13. The molecular weight excluding hydrogens is 371 g/mol. The molecule has 1 aromatic heterocycles. The van der Waals surface area contributed by atoms with Crippen LogP contribution in [0, 0.1) is 0 Å². The van der Waals surface area contributed by atoms with E-state index in [1.807, 2.05) is 0 Å². The third-order valence-electron chi connectivity index (χ3n) is 3.95. The molecular formula is C20H16F3N3O2. The average Bonchev–Trinajstić information content (AvgIpc) is 2.67. The van der Waals surface area contributed by atoms with Crippen molar-refractivity contribution in [3.8, 4) is 0 Å². The Bertz CT molecular complexity index is 1020. The fourth-order valence-corrected chi connectivity index (χ4v) is 2.56. The topological polar surface area (TPSA) is 74.0 Å². The van der Waals surface area contributed by atoms with E-state index in [0.717, 1.165) is 17.7 Å². The number of benzene rings is 2. The van der Waals surface area contributed by atoms with E-state index in [0.29, 0.717) is 12.2 Å². The van der Waals surface area contributed by atoms with E-state index < -0.39 is 17.6 Å². The average molecular weight is 387 g/mol. The van der Waals surface area contributed by atoms with Crippen molar-refractivity contribution in [3.05, 3.63) is 93.9 Å². The first-order valence-electron chi connectivity index (χ1n) is 8.32. The monoisotopic (exact) mass is 387 g/mol. The summed E-state index contributed by atoms with van der Waals surface area (Å²) < 4.78 is 38.5. The first-order chi connectivity index (χ1) is 13.3. The Morgan fingerprint density at radius 1 is 1.00 bits per heavy atom. The second-order valence-electron chi connectivity index (χ2n) is 5.99. The third-order valence-corrected chi connectivity index (χ3v) is 3.95. The zero-order chi connectivity index (χ0) is 20.1. The zero-order valence-corrected chi connectivity index (χ0v) is 14.5. The van der Waals surface area contributed by atoms with Crippen LogP contribution in [0.3, 0.4) is 0 Å². The van der Waals surface area contributed by atoms with Crippen LogP contribution in [0.25, 0.3) is 0 Å². The number of halogens is 3. The lowest BCUT2D eigenvalue weighted by atomic mass is 10.1. The van der Waals surface area contributed by atoms with E-state index in [4.69, 9.17) is 0 Å². The molecule has 3 N–H and O–H groups in total. The molecule has 0 aliphatic rings. The summed E-state index contributed by atoms with van der Waals surface area (Å²) in [6, 6.07) is 14.1. The molecule has 0 fully saturated rings. The number of hydrogen-bond acceptors (Lipinski definition) is 3. The molecule has 3 aromatic rings. The normalized spacial score (nSPS) is 11.1. The van der Waals surface area contributed by atoms with Crippen molar-refractivity contribution in [1.82, 2.24) is 4.98 Å². The fraction of sp³-hybridized carbons (Fsp3) is 0.100. The van der Waals surface area contributed by atoms with Gasteiger partial charge in [-0.25, -0.2) is 0 Å². The van der Waals surface area contributed by atoms with Gasteiger partial charge in [0.15, 0.2) is 0 Å². The number of pyridine rings is 1. The number of aromatic amines is 1. The third kappa shape index (κ3) is 4.79. The maximum atomic E-state index is 12.8. The lowest BCUT2D eigenvalue weighted by Crippen LogP contribution is -2.15. The molecule has 0 bridgehead atoms. The highest BCUT2D eigenvalue weighted by Crippen LogP contribution is 2.31. The SMILES string of the molecule is O=C(Nc1cccc(C(F)(F)F)c1)c1ccccc1NCc1ccc(=O)[nH]c1. The van der Waals surface area contributed by atoms with Crippen LogP contribution < -0.4 is 16.2 Å². The van der Waals surface area contributed by atoms with Gasteiger partial charge < -0.3 is 15.6 Å². The number of H-pyrrole nitrogens is 1. The van der Waals surface area contributed by atoms with Gasteiger partial charge in [-0.1, -0.05) is 24.3 Å². The van der Waals surface area contributed by atoms with Crippen molar-refractivity contribution in [2.24, 2.45) is 0 Å². The highest BCUT2D eigenvalue weighted by atomic mass is 19.4. The summed E-state index contributed by atoms with van der Waals surface area (Å²) in [5, 5.41) is 5.58. The number of amides is 1. The van der Waals surface area contributed by atoms with Crippen LogP contribution in [0.1, 0.15) is 21.5 Å². The van der Waals surface area contributed by atoms with Gasteiger partial charge in [-0.3, -0.25) is 9.59 Å². The van der Waals surface area contributed by atoms with Crippen LogP contribution in [0.4, 0.5) is 24.5 Å². The van der Waals surface area contributed by atoms with Gasteiger partial charge in [0.25, 0.3) is 5.91 Å². The highest BCUT2D eigenvalue weighted by molar-refractivity contribution is 6.08. The molecule has 5 nitrogen and oxygen atoms in total. The minimum atomic E-state index is -4.49. The molecule has 0 radical (unpaired) electrons. The number of aromatic nitrogens is 1. The summed E-state index contributed by atoms with van der Waals surface area (Å²) in [6.45, 7) is 0.352. The van der Waals surface area contributed by atoms with Crippen molar-refractivity contribution in [3.63, 3.8) is 0 Å². The number of rotatable bonds is 5. The van der Waals surface area contributed by atoms with Gasteiger partial charge in [-0.2, -0.15) is 13.2 Å². The lowest BCUT2D eigenvalue weighted by molar-refractivity contribution is -0.137. The molecule has 1 amide bonds. The Kier molecular flexibility index (Phi) is 5.49.